The summed E-state index contributed by atoms with van der Waals surface area (Å²) in [4.78, 5) is 0. The fraction of sp³-hybridized carbons (Fsp3) is 0.231. The van der Waals surface area contributed by atoms with Crippen LogP contribution in [0.3, 0.4) is 0 Å². The van der Waals surface area contributed by atoms with Gasteiger partial charge < -0.3 is 5.32 Å². The number of benzene rings is 1. The first-order chi connectivity index (χ1) is 8.63. The summed E-state index contributed by atoms with van der Waals surface area (Å²) in [5, 5.41) is 10.9. The van der Waals surface area contributed by atoms with Gasteiger partial charge in [-0.05, 0) is 43.2 Å². The Morgan fingerprint density at radius 2 is 1.78 bits per heavy atom. The zero-order valence-electron chi connectivity index (χ0n) is 9.95. The molecule has 0 aliphatic heterocycles. The summed E-state index contributed by atoms with van der Waals surface area (Å²) >= 11 is 0. The minimum atomic E-state index is -0.555. The van der Waals surface area contributed by atoms with Crippen molar-refractivity contribution in [3.05, 3.63) is 53.2 Å². The number of aryl methyl sites for hydroxylation is 1. The maximum absolute atomic E-state index is 12.9. The molecule has 0 atom stereocenters. The van der Waals surface area contributed by atoms with Gasteiger partial charge in [-0.3, -0.25) is 0 Å². The minimum Gasteiger partial charge on any atom is -0.368 e. The van der Waals surface area contributed by atoms with Crippen LogP contribution in [-0.2, 0) is 6.42 Å². The van der Waals surface area contributed by atoms with Crippen molar-refractivity contribution in [2.24, 2.45) is 0 Å². The van der Waals surface area contributed by atoms with Gasteiger partial charge in [-0.2, -0.15) is 5.10 Å². The molecule has 0 unspecified atom stereocenters. The number of halogens is 2. The van der Waals surface area contributed by atoms with Gasteiger partial charge in [0, 0.05) is 12.6 Å². The summed E-state index contributed by atoms with van der Waals surface area (Å²) in [6.45, 7) is 2.40. The maximum atomic E-state index is 12.9. The fourth-order valence-corrected chi connectivity index (χ4v) is 1.58. The third-order valence-electron chi connectivity index (χ3n) is 2.44. The van der Waals surface area contributed by atoms with Crippen LogP contribution >= 0.6 is 0 Å². The van der Waals surface area contributed by atoms with Crippen LogP contribution in [0.5, 0.6) is 0 Å². The average molecular weight is 249 g/mol. The lowest BCUT2D eigenvalue weighted by Crippen LogP contribution is -2.07. The molecule has 0 radical (unpaired) electrons. The molecular formula is C13H13F2N3. The highest BCUT2D eigenvalue weighted by molar-refractivity contribution is 5.33. The van der Waals surface area contributed by atoms with Gasteiger partial charge in [0.15, 0.2) is 0 Å². The highest BCUT2D eigenvalue weighted by Gasteiger charge is 2.01. The molecular weight excluding hydrogens is 236 g/mol. The lowest BCUT2D eigenvalue weighted by Gasteiger charge is -2.05. The Bertz CT molecular complexity index is 506. The zero-order valence-corrected chi connectivity index (χ0v) is 9.95. The molecule has 0 spiro atoms. The van der Waals surface area contributed by atoms with Crippen LogP contribution in [0.1, 0.15) is 11.3 Å². The molecule has 2 rings (SSSR count). The van der Waals surface area contributed by atoms with Crippen LogP contribution < -0.4 is 5.32 Å². The molecule has 18 heavy (non-hydrogen) atoms. The zero-order chi connectivity index (χ0) is 13.0. The molecule has 1 heterocycles. The SMILES string of the molecule is Cc1ccc(NCCc2cc(F)cc(F)c2)nn1. The molecule has 0 amide bonds. The van der Waals surface area contributed by atoms with E-state index in [9.17, 15) is 8.78 Å². The van der Waals surface area contributed by atoms with Gasteiger partial charge in [0.2, 0.25) is 0 Å². The normalized spacial score (nSPS) is 10.4. The summed E-state index contributed by atoms with van der Waals surface area (Å²) in [6.07, 6.45) is 0.518. The van der Waals surface area contributed by atoms with Gasteiger partial charge in [0.05, 0.1) is 5.69 Å². The molecule has 94 valence electrons. The molecule has 0 aliphatic rings. The molecule has 0 saturated carbocycles. The van der Waals surface area contributed by atoms with Crippen molar-refractivity contribution in [3.8, 4) is 0 Å². The van der Waals surface area contributed by atoms with Crippen LogP contribution in [0, 0.1) is 18.6 Å². The van der Waals surface area contributed by atoms with Gasteiger partial charge in [0.1, 0.15) is 17.5 Å². The number of nitrogens with one attached hydrogen (secondary N) is 1. The second kappa shape index (κ2) is 5.53. The number of hydrogen-bond acceptors (Lipinski definition) is 3. The molecule has 5 heteroatoms. The Morgan fingerprint density at radius 1 is 1.06 bits per heavy atom. The predicted molar refractivity (Wildman–Crippen MR) is 65.3 cm³/mol. The monoisotopic (exact) mass is 249 g/mol. The molecule has 0 bridgehead atoms. The molecule has 1 aromatic heterocycles. The molecule has 2 aromatic rings. The number of aromatic nitrogens is 2. The topological polar surface area (TPSA) is 37.8 Å². The van der Waals surface area contributed by atoms with E-state index < -0.39 is 11.6 Å². The second-order valence-electron chi connectivity index (χ2n) is 4.01. The number of anilines is 1. The minimum absolute atomic E-state index is 0.518. The van der Waals surface area contributed by atoms with Crippen molar-refractivity contribution in [1.82, 2.24) is 10.2 Å². The van der Waals surface area contributed by atoms with E-state index in [0.29, 0.717) is 24.3 Å². The maximum Gasteiger partial charge on any atom is 0.148 e. The molecule has 1 N–H and O–H groups in total. The lowest BCUT2D eigenvalue weighted by atomic mass is 10.1. The Hall–Kier alpha value is -2.04. The Morgan fingerprint density at radius 3 is 2.39 bits per heavy atom. The van der Waals surface area contributed by atoms with Gasteiger partial charge >= 0.3 is 0 Å². The summed E-state index contributed by atoms with van der Waals surface area (Å²) in [7, 11) is 0. The fourth-order valence-electron chi connectivity index (χ4n) is 1.58. The molecule has 0 fully saturated rings. The third kappa shape index (κ3) is 3.48. The summed E-state index contributed by atoms with van der Waals surface area (Å²) in [5.74, 6) is -0.460. The van der Waals surface area contributed by atoms with Crippen LogP contribution in [0.4, 0.5) is 14.6 Å². The standard InChI is InChI=1S/C13H13F2N3/c1-9-2-3-13(18-17-9)16-5-4-10-6-11(14)8-12(15)7-10/h2-3,6-8H,4-5H2,1H3,(H,16,18). The van der Waals surface area contributed by atoms with Gasteiger partial charge in [-0.15, -0.1) is 5.10 Å². The number of nitrogens with zero attached hydrogens (tertiary/aromatic N) is 2. The van der Waals surface area contributed by atoms with E-state index in [1.807, 2.05) is 19.1 Å². The molecule has 3 nitrogen and oxygen atoms in total. The number of hydrogen-bond donors (Lipinski definition) is 1. The first kappa shape index (κ1) is 12.4. The number of rotatable bonds is 4. The van der Waals surface area contributed by atoms with Crippen molar-refractivity contribution in [2.45, 2.75) is 13.3 Å². The van der Waals surface area contributed by atoms with E-state index in [0.717, 1.165) is 11.8 Å². The van der Waals surface area contributed by atoms with Gasteiger partial charge in [-0.25, -0.2) is 8.78 Å². The summed E-state index contributed by atoms with van der Waals surface area (Å²) in [6, 6.07) is 7.17. The first-order valence-corrected chi connectivity index (χ1v) is 5.63. The first-order valence-electron chi connectivity index (χ1n) is 5.63. The highest BCUT2D eigenvalue weighted by Crippen LogP contribution is 2.09. The van der Waals surface area contributed by atoms with Crippen LogP contribution in [0.2, 0.25) is 0 Å². The van der Waals surface area contributed by atoms with E-state index in [4.69, 9.17) is 0 Å². The Labute approximate surface area is 104 Å². The van der Waals surface area contributed by atoms with E-state index in [-0.39, 0.29) is 0 Å². The summed E-state index contributed by atoms with van der Waals surface area (Å²) < 4.78 is 25.9. The smallest absolute Gasteiger partial charge is 0.148 e. The Kier molecular flexibility index (Phi) is 3.82. The van der Waals surface area contributed by atoms with Crippen LogP contribution in [0.15, 0.2) is 30.3 Å². The average Bonchev–Trinajstić information content (AvgIpc) is 2.30. The van der Waals surface area contributed by atoms with E-state index in [1.54, 1.807) is 0 Å². The summed E-state index contributed by atoms with van der Waals surface area (Å²) in [5.41, 5.74) is 1.45. The van der Waals surface area contributed by atoms with E-state index >= 15 is 0 Å². The van der Waals surface area contributed by atoms with E-state index in [2.05, 4.69) is 15.5 Å². The van der Waals surface area contributed by atoms with Crippen molar-refractivity contribution in [2.75, 3.05) is 11.9 Å². The highest BCUT2D eigenvalue weighted by atomic mass is 19.1. The van der Waals surface area contributed by atoms with Crippen LogP contribution in [0.25, 0.3) is 0 Å². The van der Waals surface area contributed by atoms with E-state index in [1.165, 1.54) is 12.1 Å². The van der Waals surface area contributed by atoms with Gasteiger partial charge in [-0.1, -0.05) is 0 Å². The quantitative estimate of drug-likeness (QED) is 0.905. The van der Waals surface area contributed by atoms with Crippen LogP contribution in [-0.4, -0.2) is 16.7 Å². The molecule has 1 aromatic carbocycles. The third-order valence-corrected chi connectivity index (χ3v) is 2.44. The molecule has 0 aliphatic carbocycles. The van der Waals surface area contributed by atoms with Crippen molar-refractivity contribution in [1.29, 1.82) is 0 Å². The van der Waals surface area contributed by atoms with Crippen molar-refractivity contribution >= 4 is 5.82 Å². The van der Waals surface area contributed by atoms with Crippen molar-refractivity contribution < 1.29 is 8.78 Å². The molecule has 0 saturated heterocycles. The lowest BCUT2D eigenvalue weighted by molar-refractivity contribution is 0.580. The van der Waals surface area contributed by atoms with Gasteiger partial charge in [0.25, 0.3) is 0 Å². The van der Waals surface area contributed by atoms with Crippen molar-refractivity contribution in [3.63, 3.8) is 0 Å². The largest absolute Gasteiger partial charge is 0.368 e. The second-order valence-corrected chi connectivity index (χ2v) is 4.01. The predicted octanol–water partition coefficient (Wildman–Crippen LogP) is 2.72. The Balaban J connectivity index is 1.90.